The molecule has 3 aromatic rings. The van der Waals surface area contributed by atoms with E-state index in [1.807, 2.05) is 42.5 Å². The summed E-state index contributed by atoms with van der Waals surface area (Å²) in [6.45, 7) is 0. The number of phenolic OH excluding ortho intramolecular Hbond substituents is 2. The second-order valence-corrected chi connectivity index (χ2v) is 7.02. The van der Waals surface area contributed by atoms with E-state index < -0.39 is 5.79 Å². The highest BCUT2D eigenvalue weighted by molar-refractivity contribution is 5.56. The summed E-state index contributed by atoms with van der Waals surface area (Å²) < 4.78 is 12.2. The Kier molecular flexibility index (Phi) is 4.98. The van der Waals surface area contributed by atoms with Crippen LogP contribution in [-0.2, 0) is 0 Å². The van der Waals surface area contributed by atoms with E-state index >= 15 is 0 Å². The maximum Gasteiger partial charge on any atom is 0.291 e. The first-order valence-electron chi connectivity index (χ1n) is 9.43. The second-order valence-electron chi connectivity index (χ2n) is 7.02. The molecule has 4 rings (SSSR count). The Morgan fingerprint density at radius 3 is 1.67 bits per heavy atom. The van der Waals surface area contributed by atoms with Crippen LogP contribution >= 0.6 is 0 Å². The minimum atomic E-state index is -1.30. The summed E-state index contributed by atoms with van der Waals surface area (Å²) in [5.41, 5.74) is 13.0. The van der Waals surface area contributed by atoms with E-state index in [0.29, 0.717) is 11.5 Å². The van der Waals surface area contributed by atoms with Gasteiger partial charge in [-0.05, 0) is 29.8 Å². The molecule has 1 aliphatic carbocycles. The van der Waals surface area contributed by atoms with Gasteiger partial charge in [0.15, 0.2) is 0 Å². The van der Waals surface area contributed by atoms with Crippen LogP contribution in [0.25, 0.3) is 0 Å². The number of aromatic hydroxyl groups is 2. The van der Waals surface area contributed by atoms with Crippen molar-refractivity contribution in [1.82, 2.24) is 0 Å². The third-order valence-corrected chi connectivity index (χ3v) is 4.81. The molecule has 6 nitrogen and oxygen atoms in total. The van der Waals surface area contributed by atoms with Crippen molar-refractivity contribution in [3.8, 4) is 23.0 Å². The van der Waals surface area contributed by atoms with Crippen molar-refractivity contribution in [3.63, 3.8) is 0 Å². The Morgan fingerprint density at radius 2 is 1.20 bits per heavy atom. The van der Waals surface area contributed by atoms with Gasteiger partial charge in [-0.1, -0.05) is 42.5 Å². The molecule has 0 radical (unpaired) electrons. The quantitative estimate of drug-likeness (QED) is 0.219. The first-order chi connectivity index (χ1) is 14.4. The number of phenols is 2. The zero-order valence-electron chi connectivity index (χ0n) is 16.1. The van der Waals surface area contributed by atoms with Gasteiger partial charge in [0.1, 0.15) is 23.0 Å². The molecule has 152 valence electrons. The number of ether oxygens (including phenoxy) is 2. The van der Waals surface area contributed by atoms with E-state index in [0.717, 1.165) is 5.56 Å². The first-order valence-corrected chi connectivity index (χ1v) is 9.43. The zero-order valence-corrected chi connectivity index (χ0v) is 16.1. The monoisotopic (exact) mass is 402 g/mol. The number of anilines is 2. The molecule has 3 aromatic carbocycles. The molecule has 0 aromatic heterocycles. The van der Waals surface area contributed by atoms with Crippen LogP contribution in [0.1, 0.15) is 11.5 Å². The van der Waals surface area contributed by atoms with Crippen molar-refractivity contribution in [2.75, 3.05) is 11.5 Å². The SMILES string of the molecule is Nc1ccc(OC2(Oc3ccc(N)c(O)c3)C=CC(c3ccccc3)C=C2)cc1O. The first kappa shape index (κ1) is 19.3. The molecule has 0 heterocycles. The van der Waals surface area contributed by atoms with E-state index in [-0.39, 0.29) is 28.8 Å². The van der Waals surface area contributed by atoms with Crippen LogP contribution in [0.4, 0.5) is 11.4 Å². The van der Waals surface area contributed by atoms with Gasteiger partial charge in [-0.25, -0.2) is 0 Å². The zero-order chi connectivity index (χ0) is 21.1. The highest BCUT2D eigenvalue weighted by Gasteiger charge is 2.32. The maximum atomic E-state index is 9.93. The second kappa shape index (κ2) is 7.75. The predicted molar refractivity (Wildman–Crippen MR) is 116 cm³/mol. The summed E-state index contributed by atoms with van der Waals surface area (Å²) in [5, 5.41) is 19.9. The van der Waals surface area contributed by atoms with Crippen molar-refractivity contribution < 1.29 is 19.7 Å². The van der Waals surface area contributed by atoms with Crippen LogP contribution in [0.3, 0.4) is 0 Å². The van der Waals surface area contributed by atoms with Gasteiger partial charge >= 0.3 is 0 Å². The van der Waals surface area contributed by atoms with Gasteiger partial charge in [0.25, 0.3) is 5.79 Å². The van der Waals surface area contributed by atoms with Gasteiger partial charge < -0.3 is 31.2 Å². The molecule has 0 saturated heterocycles. The largest absolute Gasteiger partial charge is 0.506 e. The molecule has 0 amide bonds. The fraction of sp³-hybridized carbons (Fsp3) is 0.0833. The fourth-order valence-electron chi connectivity index (χ4n) is 3.19. The number of benzene rings is 3. The van der Waals surface area contributed by atoms with Crippen LogP contribution in [0, 0.1) is 0 Å². The fourth-order valence-corrected chi connectivity index (χ4v) is 3.19. The number of hydrogen-bond donors (Lipinski definition) is 4. The average molecular weight is 402 g/mol. The Balaban J connectivity index is 1.67. The normalized spacial score (nSPS) is 15.1. The van der Waals surface area contributed by atoms with Crippen LogP contribution in [-0.4, -0.2) is 16.0 Å². The minimum Gasteiger partial charge on any atom is -0.506 e. The Bertz CT molecular complexity index is 1040. The lowest BCUT2D eigenvalue weighted by molar-refractivity contribution is -0.0293. The smallest absolute Gasteiger partial charge is 0.291 e. The number of nitrogens with two attached hydrogens (primary N) is 2. The number of nitrogen functional groups attached to an aromatic ring is 2. The average Bonchev–Trinajstić information content (AvgIpc) is 2.75. The molecule has 30 heavy (non-hydrogen) atoms. The van der Waals surface area contributed by atoms with Crippen molar-refractivity contribution in [2.24, 2.45) is 0 Å². The molecule has 0 spiro atoms. The Hall–Kier alpha value is -4.06. The maximum absolute atomic E-state index is 9.93. The van der Waals surface area contributed by atoms with E-state index in [2.05, 4.69) is 0 Å². The number of allylic oxidation sites excluding steroid dienone is 2. The summed E-state index contributed by atoms with van der Waals surface area (Å²) in [7, 11) is 0. The molecule has 6 heteroatoms. The molecule has 1 aliphatic rings. The highest BCUT2D eigenvalue weighted by atomic mass is 16.7. The Morgan fingerprint density at radius 1 is 0.700 bits per heavy atom. The van der Waals surface area contributed by atoms with Crippen molar-refractivity contribution >= 4 is 11.4 Å². The predicted octanol–water partition coefficient (Wildman–Crippen LogP) is 4.33. The summed E-state index contributed by atoms with van der Waals surface area (Å²) in [5.74, 6) is -0.664. The van der Waals surface area contributed by atoms with Gasteiger partial charge in [-0.2, -0.15) is 0 Å². The van der Waals surface area contributed by atoms with Crippen molar-refractivity contribution in [3.05, 3.63) is 96.6 Å². The molecular formula is C24H22N2O4. The molecule has 0 fully saturated rings. The van der Waals surface area contributed by atoms with E-state index in [4.69, 9.17) is 20.9 Å². The van der Waals surface area contributed by atoms with Gasteiger partial charge in [-0.15, -0.1) is 0 Å². The number of hydrogen-bond acceptors (Lipinski definition) is 6. The topological polar surface area (TPSA) is 111 Å². The lowest BCUT2D eigenvalue weighted by Gasteiger charge is -2.32. The number of rotatable bonds is 5. The highest BCUT2D eigenvalue weighted by Crippen LogP contribution is 2.35. The van der Waals surface area contributed by atoms with Gasteiger partial charge in [-0.3, -0.25) is 0 Å². The van der Waals surface area contributed by atoms with E-state index in [1.54, 1.807) is 36.4 Å². The van der Waals surface area contributed by atoms with Gasteiger partial charge in [0.05, 0.1) is 11.4 Å². The summed E-state index contributed by atoms with van der Waals surface area (Å²) in [6, 6.07) is 19.3. The lowest BCUT2D eigenvalue weighted by atomic mass is 9.93. The van der Waals surface area contributed by atoms with Crippen molar-refractivity contribution in [1.29, 1.82) is 0 Å². The van der Waals surface area contributed by atoms with E-state index in [1.165, 1.54) is 12.1 Å². The van der Waals surface area contributed by atoms with Crippen LogP contribution < -0.4 is 20.9 Å². The summed E-state index contributed by atoms with van der Waals surface area (Å²) in [4.78, 5) is 0. The van der Waals surface area contributed by atoms with Crippen molar-refractivity contribution in [2.45, 2.75) is 11.7 Å². The molecule has 0 saturated carbocycles. The molecule has 0 aliphatic heterocycles. The van der Waals surface area contributed by atoms with Gasteiger partial charge in [0.2, 0.25) is 0 Å². The van der Waals surface area contributed by atoms with Crippen LogP contribution in [0.2, 0.25) is 0 Å². The molecule has 0 atom stereocenters. The Labute approximate surface area is 174 Å². The standard InChI is InChI=1S/C24H22N2O4/c25-20-8-6-18(14-22(20)27)29-24(30-19-7-9-21(26)23(28)15-19)12-10-17(11-13-24)16-4-2-1-3-5-16/h1-15,17,27-28H,25-26H2. The molecular weight excluding hydrogens is 380 g/mol. The van der Waals surface area contributed by atoms with Gasteiger partial charge in [0, 0.05) is 30.2 Å². The summed E-state index contributed by atoms with van der Waals surface area (Å²) >= 11 is 0. The summed E-state index contributed by atoms with van der Waals surface area (Å²) in [6.07, 6.45) is 7.55. The molecule has 0 bridgehead atoms. The third-order valence-electron chi connectivity index (χ3n) is 4.81. The molecule has 6 N–H and O–H groups in total. The van der Waals surface area contributed by atoms with Crippen LogP contribution in [0.15, 0.2) is 91.0 Å². The van der Waals surface area contributed by atoms with E-state index in [9.17, 15) is 10.2 Å². The lowest BCUT2D eigenvalue weighted by Crippen LogP contribution is -2.39. The molecule has 0 unspecified atom stereocenters. The van der Waals surface area contributed by atoms with Crippen LogP contribution in [0.5, 0.6) is 23.0 Å². The minimum absolute atomic E-state index is 0.0613. The third kappa shape index (κ3) is 4.03.